The molecule has 1 heterocycles. The summed E-state index contributed by atoms with van der Waals surface area (Å²) in [6.07, 6.45) is 2.66. The molecule has 0 fully saturated rings. The molecule has 0 saturated carbocycles. The second kappa shape index (κ2) is 7.51. The highest BCUT2D eigenvalue weighted by molar-refractivity contribution is 5.98. The number of nitrogens with zero attached hydrogens (tertiary/aromatic N) is 1. The number of aromatic nitrogens is 1. The quantitative estimate of drug-likeness (QED) is 0.646. The van der Waals surface area contributed by atoms with Crippen molar-refractivity contribution in [3.05, 3.63) is 77.1 Å². The van der Waals surface area contributed by atoms with E-state index in [1.54, 1.807) is 0 Å². The van der Waals surface area contributed by atoms with Gasteiger partial charge in [0.1, 0.15) is 0 Å². The van der Waals surface area contributed by atoms with Gasteiger partial charge in [0.05, 0.1) is 6.04 Å². The zero-order chi connectivity index (χ0) is 19.6. The van der Waals surface area contributed by atoms with Gasteiger partial charge in [0.2, 0.25) is 0 Å². The van der Waals surface area contributed by atoms with Crippen LogP contribution in [-0.2, 0) is 5.41 Å². The van der Waals surface area contributed by atoms with Gasteiger partial charge in [-0.05, 0) is 58.9 Å². The van der Waals surface area contributed by atoms with Crippen LogP contribution in [0.4, 0.5) is 0 Å². The summed E-state index contributed by atoms with van der Waals surface area (Å²) in [4.78, 5) is 17.1. The smallest absolute Gasteiger partial charge is 0.251 e. The zero-order valence-corrected chi connectivity index (χ0v) is 16.8. The lowest BCUT2D eigenvalue weighted by Crippen LogP contribution is -2.28. The van der Waals surface area contributed by atoms with Crippen LogP contribution in [0.1, 0.15) is 67.3 Å². The molecule has 0 aliphatic rings. The molecule has 140 valence electrons. The molecule has 1 N–H and O–H groups in total. The molecule has 2 aromatic carbocycles. The van der Waals surface area contributed by atoms with E-state index in [-0.39, 0.29) is 17.4 Å². The summed E-state index contributed by atoms with van der Waals surface area (Å²) in [5.74, 6) is -0.0516. The number of benzene rings is 2. The minimum absolute atomic E-state index is 0.0374. The first-order valence-corrected chi connectivity index (χ1v) is 9.55. The summed E-state index contributed by atoms with van der Waals surface area (Å²) >= 11 is 0. The minimum atomic E-state index is -0.0516. The highest BCUT2D eigenvalue weighted by Crippen LogP contribution is 2.27. The molecule has 3 nitrogen and oxygen atoms in total. The van der Waals surface area contributed by atoms with Gasteiger partial charge in [0.15, 0.2) is 0 Å². The van der Waals surface area contributed by atoms with Crippen molar-refractivity contribution in [3.8, 4) is 0 Å². The lowest BCUT2D eigenvalue weighted by atomic mass is 9.86. The predicted octanol–water partition coefficient (Wildman–Crippen LogP) is 5.72. The van der Waals surface area contributed by atoms with Crippen molar-refractivity contribution in [1.82, 2.24) is 10.3 Å². The van der Waals surface area contributed by atoms with Gasteiger partial charge in [-0.3, -0.25) is 9.78 Å². The maximum absolute atomic E-state index is 12.8. The van der Waals surface area contributed by atoms with Crippen LogP contribution in [0.25, 0.3) is 10.8 Å². The average molecular weight is 361 g/mol. The molecule has 1 atom stereocenters. The molecule has 3 aromatic rings. The average Bonchev–Trinajstić information content (AvgIpc) is 2.65. The predicted molar refractivity (Wildman–Crippen MR) is 112 cm³/mol. The standard InChI is InChI=1S/C24H28N2O/c1-6-22(20-8-7-16(2)25-15-20)26-23(27)19-10-9-18-14-21(24(3,4)5)12-11-17(18)13-19/h7-15,22H,6H2,1-5H3,(H,26,27). The fourth-order valence-electron chi connectivity index (χ4n) is 3.20. The maximum atomic E-state index is 12.8. The van der Waals surface area contributed by atoms with Crippen molar-refractivity contribution < 1.29 is 4.79 Å². The van der Waals surface area contributed by atoms with Gasteiger partial charge in [-0.2, -0.15) is 0 Å². The Morgan fingerprint density at radius 1 is 1.04 bits per heavy atom. The Morgan fingerprint density at radius 3 is 2.37 bits per heavy atom. The summed E-state index contributed by atoms with van der Waals surface area (Å²) in [5.41, 5.74) is 4.10. The fraction of sp³-hybridized carbons (Fsp3) is 0.333. The first-order chi connectivity index (χ1) is 12.8. The largest absolute Gasteiger partial charge is 0.345 e. The molecule has 0 aliphatic carbocycles. The number of amides is 1. The van der Waals surface area contributed by atoms with Crippen molar-refractivity contribution in [3.63, 3.8) is 0 Å². The van der Waals surface area contributed by atoms with E-state index in [0.29, 0.717) is 5.56 Å². The number of pyridine rings is 1. The highest BCUT2D eigenvalue weighted by atomic mass is 16.1. The zero-order valence-electron chi connectivity index (χ0n) is 16.8. The molecule has 1 aromatic heterocycles. The van der Waals surface area contributed by atoms with Gasteiger partial charge in [-0.15, -0.1) is 0 Å². The number of carbonyl (C=O) groups is 1. The number of hydrogen-bond acceptors (Lipinski definition) is 2. The lowest BCUT2D eigenvalue weighted by Gasteiger charge is -2.20. The van der Waals surface area contributed by atoms with E-state index in [9.17, 15) is 4.79 Å². The van der Waals surface area contributed by atoms with E-state index in [1.807, 2.05) is 43.5 Å². The molecule has 1 unspecified atom stereocenters. The molecule has 0 spiro atoms. The van der Waals surface area contributed by atoms with Crippen LogP contribution < -0.4 is 5.32 Å². The Morgan fingerprint density at radius 2 is 1.74 bits per heavy atom. The molecule has 3 heteroatoms. The molecular formula is C24H28N2O. The van der Waals surface area contributed by atoms with E-state index < -0.39 is 0 Å². The summed E-state index contributed by atoms with van der Waals surface area (Å²) in [7, 11) is 0. The fourth-order valence-corrected chi connectivity index (χ4v) is 3.20. The normalized spacial score (nSPS) is 12.8. The number of aryl methyl sites for hydroxylation is 1. The summed E-state index contributed by atoms with van der Waals surface area (Å²) < 4.78 is 0. The molecule has 0 radical (unpaired) electrons. The molecule has 0 aliphatic heterocycles. The maximum Gasteiger partial charge on any atom is 0.251 e. The molecule has 0 saturated heterocycles. The summed E-state index contributed by atoms with van der Waals surface area (Å²) in [6, 6.07) is 16.4. The minimum Gasteiger partial charge on any atom is -0.345 e. The van der Waals surface area contributed by atoms with E-state index in [1.165, 1.54) is 5.56 Å². The van der Waals surface area contributed by atoms with E-state index in [2.05, 4.69) is 56.2 Å². The number of nitrogens with one attached hydrogen (secondary N) is 1. The molecular weight excluding hydrogens is 332 g/mol. The highest BCUT2D eigenvalue weighted by Gasteiger charge is 2.16. The monoisotopic (exact) mass is 360 g/mol. The van der Waals surface area contributed by atoms with Crippen molar-refractivity contribution in [1.29, 1.82) is 0 Å². The Balaban J connectivity index is 1.83. The molecule has 3 rings (SSSR count). The summed E-state index contributed by atoms with van der Waals surface area (Å²) in [5, 5.41) is 5.38. The third-order valence-electron chi connectivity index (χ3n) is 5.02. The van der Waals surface area contributed by atoms with Gasteiger partial charge in [0.25, 0.3) is 5.91 Å². The lowest BCUT2D eigenvalue weighted by molar-refractivity contribution is 0.0935. The number of hydrogen-bond donors (Lipinski definition) is 1. The Kier molecular flexibility index (Phi) is 5.31. The van der Waals surface area contributed by atoms with Gasteiger partial charge in [-0.25, -0.2) is 0 Å². The second-order valence-corrected chi connectivity index (χ2v) is 8.19. The van der Waals surface area contributed by atoms with Crippen molar-refractivity contribution in [2.24, 2.45) is 0 Å². The van der Waals surface area contributed by atoms with Crippen LogP contribution in [-0.4, -0.2) is 10.9 Å². The van der Waals surface area contributed by atoms with Crippen LogP contribution in [0, 0.1) is 6.92 Å². The van der Waals surface area contributed by atoms with Crippen molar-refractivity contribution in [2.45, 2.75) is 52.5 Å². The number of fused-ring (bicyclic) bond motifs is 1. The van der Waals surface area contributed by atoms with E-state index >= 15 is 0 Å². The van der Waals surface area contributed by atoms with Gasteiger partial charge >= 0.3 is 0 Å². The Bertz CT molecular complexity index is 952. The Hall–Kier alpha value is -2.68. The second-order valence-electron chi connectivity index (χ2n) is 8.19. The van der Waals surface area contributed by atoms with Crippen molar-refractivity contribution >= 4 is 16.7 Å². The van der Waals surface area contributed by atoms with E-state index in [0.717, 1.165) is 28.5 Å². The number of carbonyl (C=O) groups excluding carboxylic acids is 1. The topological polar surface area (TPSA) is 42.0 Å². The molecule has 0 bridgehead atoms. The van der Waals surface area contributed by atoms with Crippen LogP contribution in [0.5, 0.6) is 0 Å². The van der Waals surface area contributed by atoms with Gasteiger partial charge < -0.3 is 5.32 Å². The molecule has 1 amide bonds. The van der Waals surface area contributed by atoms with E-state index in [4.69, 9.17) is 0 Å². The van der Waals surface area contributed by atoms with Gasteiger partial charge in [0, 0.05) is 17.5 Å². The first kappa shape index (κ1) is 19.1. The van der Waals surface area contributed by atoms with Crippen LogP contribution in [0.3, 0.4) is 0 Å². The molecule has 27 heavy (non-hydrogen) atoms. The third-order valence-corrected chi connectivity index (χ3v) is 5.02. The SMILES string of the molecule is CCC(NC(=O)c1ccc2cc(C(C)(C)C)ccc2c1)c1ccc(C)nc1. The number of rotatable bonds is 4. The summed E-state index contributed by atoms with van der Waals surface area (Å²) in [6.45, 7) is 10.7. The Labute approximate surface area is 161 Å². The van der Waals surface area contributed by atoms with Crippen LogP contribution >= 0.6 is 0 Å². The van der Waals surface area contributed by atoms with Crippen LogP contribution in [0.15, 0.2) is 54.7 Å². The first-order valence-electron chi connectivity index (χ1n) is 9.55. The third kappa shape index (κ3) is 4.36. The van der Waals surface area contributed by atoms with Gasteiger partial charge in [-0.1, -0.05) is 58.0 Å². The van der Waals surface area contributed by atoms with Crippen LogP contribution in [0.2, 0.25) is 0 Å². The van der Waals surface area contributed by atoms with Crippen molar-refractivity contribution in [2.75, 3.05) is 0 Å².